The standard InChI is InChI=1S/C20H15F2N7S/c21-16(22)15-8-14(11-4-2-1-3-5-11)25-19-13(9-24-29(15)19)17-26-18-12-6-7-30-20(12)23-10-28(18)27-17/h1-7,9-10,14-16,25H,8H2. The molecule has 4 aromatic heterocycles. The van der Waals surface area contributed by atoms with Crippen LogP contribution >= 0.6 is 11.3 Å². The highest BCUT2D eigenvalue weighted by molar-refractivity contribution is 7.16. The third-order valence-electron chi connectivity index (χ3n) is 5.43. The molecule has 0 amide bonds. The number of benzene rings is 1. The molecule has 1 N–H and O–H groups in total. The third-order valence-corrected chi connectivity index (χ3v) is 6.25. The average molecular weight is 423 g/mol. The highest BCUT2D eigenvalue weighted by Gasteiger charge is 2.36. The van der Waals surface area contributed by atoms with E-state index in [-0.39, 0.29) is 12.5 Å². The Morgan fingerprint density at radius 3 is 2.87 bits per heavy atom. The summed E-state index contributed by atoms with van der Waals surface area (Å²) in [5.41, 5.74) is 2.22. The van der Waals surface area contributed by atoms with Gasteiger partial charge in [0.25, 0.3) is 6.43 Å². The summed E-state index contributed by atoms with van der Waals surface area (Å²) in [4.78, 5) is 9.92. The molecule has 5 heterocycles. The van der Waals surface area contributed by atoms with Crippen molar-refractivity contribution in [3.8, 4) is 11.4 Å². The van der Waals surface area contributed by atoms with E-state index in [1.165, 1.54) is 16.0 Å². The Kier molecular flexibility index (Phi) is 3.82. The van der Waals surface area contributed by atoms with Gasteiger partial charge in [0.05, 0.1) is 23.2 Å². The quantitative estimate of drug-likeness (QED) is 0.460. The number of nitrogens with zero attached hydrogens (tertiary/aromatic N) is 6. The highest BCUT2D eigenvalue weighted by atomic mass is 32.1. The number of alkyl halides is 2. The molecule has 1 aliphatic rings. The third kappa shape index (κ3) is 2.60. The molecule has 0 saturated carbocycles. The summed E-state index contributed by atoms with van der Waals surface area (Å²) in [6.45, 7) is 0. The molecule has 0 radical (unpaired) electrons. The predicted molar refractivity (Wildman–Crippen MR) is 110 cm³/mol. The van der Waals surface area contributed by atoms with Crippen molar-refractivity contribution < 1.29 is 8.78 Å². The largest absolute Gasteiger partial charge is 0.363 e. The van der Waals surface area contributed by atoms with Gasteiger partial charge >= 0.3 is 0 Å². The zero-order chi connectivity index (χ0) is 20.2. The van der Waals surface area contributed by atoms with Crippen LogP contribution in [0.2, 0.25) is 0 Å². The zero-order valence-corrected chi connectivity index (χ0v) is 16.3. The molecular formula is C20H15F2N7S. The molecule has 5 aromatic rings. The first-order chi connectivity index (χ1) is 14.7. The predicted octanol–water partition coefficient (Wildman–Crippen LogP) is 4.57. The summed E-state index contributed by atoms with van der Waals surface area (Å²) < 4.78 is 30.7. The van der Waals surface area contributed by atoms with Crippen LogP contribution in [-0.4, -0.2) is 35.8 Å². The number of hydrogen-bond acceptors (Lipinski definition) is 6. The van der Waals surface area contributed by atoms with Crippen LogP contribution in [-0.2, 0) is 0 Å². The maximum Gasteiger partial charge on any atom is 0.260 e. The topological polar surface area (TPSA) is 72.9 Å². The van der Waals surface area contributed by atoms with Crippen molar-refractivity contribution in [2.75, 3.05) is 5.32 Å². The average Bonchev–Trinajstić information content (AvgIpc) is 3.49. The van der Waals surface area contributed by atoms with Gasteiger partial charge in [-0.05, 0) is 23.4 Å². The van der Waals surface area contributed by atoms with Crippen molar-refractivity contribution in [2.45, 2.75) is 24.9 Å². The van der Waals surface area contributed by atoms with Gasteiger partial charge in [-0.2, -0.15) is 5.10 Å². The van der Waals surface area contributed by atoms with Gasteiger partial charge in [0.2, 0.25) is 0 Å². The maximum absolute atomic E-state index is 13.9. The summed E-state index contributed by atoms with van der Waals surface area (Å²) in [5.74, 6) is 0.928. The Labute approximate surface area is 173 Å². The second-order valence-electron chi connectivity index (χ2n) is 7.18. The molecule has 10 heteroatoms. The minimum Gasteiger partial charge on any atom is -0.363 e. The second kappa shape index (κ2) is 6.56. The zero-order valence-electron chi connectivity index (χ0n) is 15.5. The molecule has 2 atom stereocenters. The Morgan fingerprint density at radius 2 is 2.03 bits per heavy atom. The van der Waals surface area contributed by atoms with Crippen LogP contribution in [0, 0.1) is 0 Å². The molecule has 0 spiro atoms. The summed E-state index contributed by atoms with van der Waals surface area (Å²) in [7, 11) is 0. The molecule has 0 saturated heterocycles. The minimum absolute atomic E-state index is 0.244. The lowest BCUT2D eigenvalue weighted by molar-refractivity contribution is 0.0659. The van der Waals surface area contributed by atoms with Crippen molar-refractivity contribution >= 4 is 33.0 Å². The van der Waals surface area contributed by atoms with Gasteiger partial charge in [0.1, 0.15) is 23.0 Å². The first-order valence-corrected chi connectivity index (χ1v) is 10.3. The van der Waals surface area contributed by atoms with Crippen molar-refractivity contribution in [1.29, 1.82) is 0 Å². The van der Waals surface area contributed by atoms with E-state index in [4.69, 9.17) is 0 Å². The number of aromatic nitrogens is 6. The van der Waals surface area contributed by atoms with Gasteiger partial charge in [-0.1, -0.05) is 30.3 Å². The van der Waals surface area contributed by atoms with Crippen molar-refractivity contribution in [1.82, 2.24) is 29.4 Å². The molecule has 150 valence electrons. The van der Waals surface area contributed by atoms with Crippen LogP contribution in [0.25, 0.3) is 27.3 Å². The van der Waals surface area contributed by atoms with E-state index >= 15 is 0 Å². The van der Waals surface area contributed by atoms with E-state index in [2.05, 4.69) is 25.5 Å². The van der Waals surface area contributed by atoms with E-state index < -0.39 is 12.5 Å². The Bertz CT molecular complexity index is 1360. The van der Waals surface area contributed by atoms with Crippen LogP contribution in [0.15, 0.2) is 54.3 Å². The number of anilines is 1. The number of halogens is 2. The molecule has 6 rings (SSSR count). The van der Waals surface area contributed by atoms with E-state index in [9.17, 15) is 8.78 Å². The van der Waals surface area contributed by atoms with Crippen LogP contribution < -0.4 is 5.32 Å². The number of nitrogens with one attached hydrogen (secondary N) is 1. The van der Waals surface area contributed by atoms with Gasteiger partial charge in [0.15, 0.2) is 11.5 Å². The Morgan fingerprint density at radius 1 is 1.17 bits per heavy atom. The van der Waals surface area contributed by atoms with E-state index in [1.54, 1.807) is 17.0 Å². The molecule has 7 nitrogen and oxygen atoms in total. The fourth-order valence-electron chi connectivity index (χ4n) is 3.98. The summed E-state index contributed by atoms with van der Waals surface area (Å²) >= 11 is 1.53. The van der Waals surface area contributed by atoms with Gasteiger partial charge < -0.3 is 5.32 Å². The van der Waals surface area contributed by atoms with E-state index in [0.29, 0.717) is 22.9 Å². The number of hydrogen-bond donors (Lipinski definition) is 1. The summed E-state index contributed by atoms with van der Waals surface area (Å²) in [6.07, 6.45) is 0.878. The molecular weight excluding hydrogens is 408 g/mol. The fraction of sp³-hybridized carbons (Fsp3) is 0.200. The maximum atomic E-state index is 13.9. The number of thiophene rings is 1. The van der Waals surface area contributed by atoms with Crippen molar-refractivity contribution in [3.05, 3.63) is 59.9 Å². The lowest BCUT2D eigenvalue weighted by Crippen LogP contribution is -2.31. The molecule has 0 fully saturated rings. The summed E-state index contributed by atoms with van der Waals surface area (Å²) in [5, 5.41) is 15.0. The van der Waals surface area contributed by atoms with Gasteiger partial charge in [-0.15, -0.1) is 16.4 Å². The first-order valence-electron chi connectivity index (χ1n) is 9.45. The lowest BCUT2D eigenvalue weighted by atomic mass is 9.97. The fourth-order valence-corrected chi connectivity index (χ4v) is 4.71. The smallest absolute Gasteiger partial charge is 0.260 e. The summed E-state index contributed by atoms with van der Waals surface area (Å²) in [6, 6.07) is 10.3. The Hall–Kier alpha value is -3.40. The first kappa shape index (κ1) is 17.5. The van der Waals surface area contributed by atoms with Crippen molar-refractivity contribution in [2.24, 2.45) is 0 Å². The van der Waals surface area contributed by atoms with Crippen molar-refractivity contribution in [3.63, 3.8) is 0 Å². The monoisotopic (exact) mass is 423 g/mol. The van der Waals surface area contributed by atoms with Gasteiger partial charge in [-0.3, -0.25) is 0 Å². The van der Waals surface area contributed by atoms with Crippen LogP contribution in [0.4, 0.5) is 14.6 Å². The van der Waals surface area contributed by atoms with Crippen LogP contribution in [0.1, 0.15) is 24.1 Å². The van der Waals surface area contributed by atoms with Crippen LogP contribution in [0.5, 0.6) is 0 Å². The molecule has 1 aliphatic heterocycles. The normalized spacial score (nSPS) is 18.8. The van der Waals surface area contributed by atoms with E-state index in [0.717, 1.165) is 15.8 Å². The second-order valence-corrected chi connectivity index (χ2v) is 8.08. The molecule has 2 unspecified atom stereocenters. The van der Waals surface area contributed by atoms with Gasteiger partial charge in [-0.25, -0.2) is 27.9 Å². The molecule has 30 heavy (non-hydrogen) atoms. The lowest BCUT2D eigenvalue weighted by Gasteiger charge is -2.32. The molecule has 0 bridgehead atoms. The minimum atomic E-state index is -2.53. The van der Waals surface area contributed by atoms with E-state index in [1.807, 2.05) is 41.8 Å². The van der Waals surface area contributed by atoms with Gasteiger partial charge in [0, 0.05) is 0 Å². The molecule has 0 aliphatic carbocycles. The molecule has 1 aromatic carbocycles. The SMILES string of the molecule is FC(F)C1CC(c2ccccc2)Nc2c(-c3nc4c5ccsc5ncn4n3)cnn21. The number of rotatable bonds is 3. The highest BCUT2D eigenvalue weighted by Crippen LogP contribution is 2.41. The number of fused-ring (bicyclic) bond motifs is 4. The Balaban J connectivity index is 1.49. The van der Waals surface area contributed by atoms with Crippen LogP contribution in [0.3, 0.4) is 0 Å².